The molecule has 0 aromatic carbocycles. The zero-order chi connectivity index (χ0) is 12.9. The molecule has 1 rings (SSSR count). The maximum Gasteiger partial charge on any atom is 0.225 e. The Labute approximate surface area is 107 Å². The molecule has 1 aromatic rings. The molecular weight excluding hydrogens is 234 g/mol. The van der Waals surface area contributed by atoms with Crippen molar-refractivity contribution < 1.29 is 9.90 Å². The zero-order valence-electron chi connectivity index (χ0n) is 10.7. The van der Waals surface area contributed by atoms with E-state index >= 15 is 0 Å². The molecular formula is C13H21NO2S. The maximum atomic E-state index is 11.6. The quantitative estimate of drug-likeness (QED) is 0.847. The van der Waals surface area contributed by atoms with Crippen molar-refractivity contribution in [2.75, 3.05) is 6.54 Å². The average molecular weight is 255 g/mol. The van der Waals surface area contributed by atoms with E-state index in [0.717, 1.165) is 4.88 Å². The number of carbonyl (C=O) groups excluding carboxylic acids is 1. The minimum atomic E-state index is -0.385. The predicted octanol–water partition coefficient (Wildman–Crippen LogP) is 2.20. The number of hydrogen-bond acceptors (Lipinski definition) is 3. The van der Waals surface area contributed by atoms with Crippen LogP contribution in [-0.4, -0.2) is 23.7 Å². The van der Waals surface area contributed by atoms with Gasteiger partial charge in [-0.15, -0.1) is 11.3 Å². The molecule has 1 heterocycles. The van der Waals surface area contributed by atoms with E-state index in [1.807, 2.05) is 38.3 Å². The molecule has 0 spiro atoms. The summed E-state index contributed by atoms with van der Waals surface area (Å²) >= 11 is 1.59. The Kier molecular flexibility index (Phi) is 5.15. The van der Waals surface area contributed by atoms with Gasteiger partial charge in [0, 0.05) is 11.4 Å². The number of hydrogen-bond donors (Lipinski definition) is 2. The van der Waals surface area contributed by atoms with Crippen LogP contribution in [0.25, 0.3) is 0 Å². The summed E-state index contributed by atoms with van der Waals surface area (Å²) < 4.78 is 0. The van der Waals surface area contributed by atoms with Gasteiger partial charge in [0.1, 0.15) is 0 Å². The van der Waals surface area contributed by atoms with Crippen LogP contribution in [0.15, 0.2) is 17.5 Å². The van der Waals surface area contributed by atoms with Gasteiger partial charge in [0.05, 0.1) is 12.5 Å². The first-order valence-corrected chi connectivity index (χ1v) is 6.74. The van der Waals surface area contributed by atoms with Gasteiger partial charge in [-0.1, -0.05) is 26.8 Å². The molecule has 2 N–H and O–H groups in total. The van der Waals surface area contributed by atoms with Crippen molar-refractivity contribution in [2.45, 2.75) is 39.7 Å². The minimum Gasteiger partial charge on any atom is -0.393 e. The molecule has 0 aliphatic rings. The lowest BCUT2D eigenvalue weighted by molar-refractivity contribution is -0.120. The average Bonchev–Trinajstić information content (AvgIpc) is 2.68. The van der Waals surface area contributed by atoms with Gasteiger partial charge in [-0.05, 0) is 23.3 Å². The van der Waals surface area contributed by atoms with Crippen molar-refractivity contribution in [3.8, 4) is 0 Å². The van der Waals surface area contributed by atoms with Gasteiger partial charge in [0.15, 0.2) is 0 Å². The van der Waals surface area contributed by atoms with Crippen LogP contribution < -0.4 is 5.32 Å². The Morgan fingerprint density at radius 3 is 2.76 bits per heavy atom. The van der Waals surface area contributed by atoms with Crippen LogP contribution in [0.3, 0.4) is 0 Å². The molecule has 1 unspecified atom stereocenters. The second-order valence-electron chi connectivity index (χ2n) is 5.28. The smallest absolute Gasteiger partial charge is 0.225 e. The van der Waals surface area contributed by atoms with Crippen LogP contribution in [-0.2, 0) is 11.2 Å². The van der Waals surface area contributed by atoms with E-state index < -0.39 is 0 Å². The van der Waals surface area contributed by atoms with Crippen molar-refractivity contribution >= 4 is 17.2 Å². The van der Waals surface area contributed by atoms with Gasteiger partial charge >= 0.3 is 0 Å². The highest BCUT2D eigenvalue weighted by molar-refractivity contribution is 7.10. The Morgan fingerprint density at radius 1 is 1.53 bits per heavy atom. The van der Waals surface area contributed by atoms with Crippen LogP contribution >= 0.6 is 11.3 Å². The second kappa shape index (κ2) is 6.17. The van der Waals surface area contributed by atoms with Gasteiger partial charge in [0.2, 0.25) is 5.91 Å². The third-order valence-corrected chi connectivity index (χ3v) is 3.53. The molecule has 0 radical (unpaired) electrons. The normalized spacial score (nSPS) is 13.4. The van der Waals surface area contributed by atoms with Crippen LogP contribution in [0.4, 0.5) is 0 Å². The van der Waals surface area contributed by atoms with Gasteiger partial charge in [-0.25, -0.2) is 0 Å². The van der Waals surface area contributed by atoms with Gasteiger partial charge in [0.25, 0.3) is 0 Å². The third kappa shape index (κ3) is 5.33. The fraction of sp³-hybridized carbons (Fsp3) is 0.615. The molecule has 1 aromatic heterocycles. The number of aliphatic hydroxyl groups excluding tert-OH is 1. The SMILES string of the molecule is CC(C)(C)C(O)CCNC(=O)Cc1cccs1. The number of nitrogens with one attached hydrogen (secondary N) is 1. The summed E-state index contributed by atoms with van der Waals surface area (Å²) in [6.45, 7) is 6.50. The predicted molar refractivity (Wildman–Crippen MR) is 71.1 cm³/mol. The molecule has 0 bridgehead atoms. The number of aliphatic hydroxyl groups is 1. The van der Waals surface area contributed by atoms with Crippen LogP contribution in [0, 0.1) is 5.41 Å². The molecule has 3 nitrogen and oxygen atoms in total. The van der Waals surface area contributed by atoms with E-state index in [1.54, 1.807) is 11.3 Å². The van der Waals surface area contributed by atoms with E-state index in [-0.39, 0.29) is 17.4 Å². The molecule has 0 aliphatic carbocycles. The molecule has 1 amide bonds. The lowest BCUT2D eigenvalue weighted by Gasteiger charge is -2.25. The minimum absolute atomic E-state index is 0.0218. The number of carbonyl (C=O) groups is 1. The Hall–Kier alpha value is -0.870. The fourth-order valence-corrected chi connectivity index (χ4v) is 2.12. The summed E-state index contributed by atoms with van der Waals surface area (Å²) in [7, 11) is 0. The zero-order valence-corrected chi connectivity index (χ0v) is 11.5. The highest BCUT2D eigenvalue weighted by Gasteiger charge is 2.21. The fourth-order valence-electron chi connectivity index (χ4n) is 1.42. The molecule has 0 fully saturated rings. The highest BCUT2D eigenvalue weighted by Crippen LogP contribution is 2.20. The molecule has 17 heavy (non-hydrogen) atoms. The standard InChI is InChI=1S/C13H21NO2S/c1-13(2,3)11(15)6-7-14-12(16)9-10-5-4-8-17-10/h4-5,8,11,15H,6-7,9H2,1-3H3,(H,14,16). The Morgan fingerprint density at radius 2 is 2.24 bits per heavy atom. The summed E-state index contributed by atoms with van der Waals surface area (Å²) in [5.41, 5.74) is -0.127. The van der Waals surface area contributed by atoms with Crippen molar-refractivity contribution in [3.63, 3.8) is 0 Å². The molecule has 96 valence electrons. The second-order valence-corrected chi connectivity index (χ2v) is 6.31. The van der Waals surface area contributed by atoms with E-state index in [4.69, 9.17) is 0 Å². The summed E-state index contributed by atoms with van der Waals surface area (Å²) in [5.74, 6) is 0.0218. The first kappa shape index (κ1) is 14.2. The van der Waals surface area contributed by atoms with E-state index in [1.165, 1.54) is 0 Å². The molecule has 4 heteroatoms. The van der Waals surface area contributed by atoms with Crippen molar-refractivity contribution in [1.82, 2.24) is 5.32 Å². The van der Waals surface area contributed by atoms with Gasteiger partial charge in [-0.3, -0.25) is 4.79 Å². The number of thiophene rings is 1. The number of amides is 1. The van der Waals surface area contributed by atoms with E-state index in [0.29, 0.717) is 19.4 Å². The van der Waals surface area contributed by atoms with Gasteiger partial charge < -0.3 is 10.4 Å². The van der Waals surface area contributed by atoms with Crippen LogP contribution in [0.5, 0.6) is 0 Å². The van der Waals surface area contributed by atoms with Crippen LogP contribution in [0.1, 0.15) is 32.1 Å². The van der Waals surface area contributed by atoms with Crippen LogP contribution in [0.2, 0.25) is 0 Å². The van der Waals surface area contributed by atoms with E-state index in [2.05, 4.69) is 5.32 Å². The van der Waals surface area contributed by atoms with Gasteiger partial charge in [-0.2, -0.15) is 0 Å². The maximum absolute atomic E-state index is 11.6. The lowest BCUT2D eigenvalue weighted by atomic mass is 9.87. The Balaban J connectivity index is 2.21. The topological polar surface area (TPSA) is 49.3 Å². The molecule has 0 saturated heterocycles. The largest absolute Gasteiger partial charge is 0.393 e. The summed E-state index contributed by atoms with van der Waals surface area (Å²) in [5, 5.41) is 14.6. The third-order valence-electron chi connectivity index (χ3n) is 2.65. The van der Waals surface area contributed by atoms with E-state index in [9.17, 15) is 9.90 Å². The first-order chi connectivity index (χ1) is 7.89. The van der Waals surface area contributed by atoms with Crippen molar-refractivity contribution in [1.29, 1.82) is 0 Å². The summed E-state index contributed by atoms with van der Waals surface area (Å²) in [6, 6.07) is 3.89. The van der Waals surface area contributed by atoms with Crippen molar-refractivity contribution in [3.05, 3.63) is 22.4 Å². The molecule has 1 atom stereocenters. The molecule has 0 aliphatic heterocycles. The summed E-state index contributed by atoms with van der Waals surface area (Å²) in [4.78, 5) is 12.6. The Bertz CT molecular complexity index is 341. The highest BCUT2D eigenvalue weighted by atomic mass is 32.1. The first-order valence-electron chi connectivity index (χ1n) is 5.87. The lowest BCUT2D eigenvalue weighted by Crippen LogP contribution is -2.33. The molecule has 0 saturated carbocycles. The monoisotopic (exact) mass is 255 g/mol. The summed E-state index contributed by atoms with van der Waals surface area (Å²) in [6.07, 6.45) is 0.646. The van der Waals surface area contributed by atoms with Crippen molar-refractivity contribution in [2.24, 2.45) is 5.41 Å². The number of rotatable bonds is 5.